The molecule has 3 rings (SSSR count). The average molecular weight is 424 g/mol. The predicted octanol–water partition coefficient (Wildman–Crippen LogP) is 3.61. The molecule has 4 unspecified atom stereocenters. The molecule has 0 saturated carbocycles. The highest BCUT2D eigenvalue weighted by Gasteiger charge is 2.40. The van der Waals surface area contributed by atoms with Crippen LogP contribution >= 0.6 is 11.6 Å². The first-order valence-corrected chi connectivity index (χ1v) is 11.5. The number of halogens is 1. The molecule has 1 aromatic carbocycles. The Morgan fingerprint density at radius 3 is 2.52 bits per heavy atom. The molecular weight excluding hydrogens is 386 g/mol. The van der Waals surface area contributed by atoms with E-state index in [0.717, 1.165) is 19.6 Å². The summed E-state index contributed by atoms with van der Waals surface area (Å²) in [4.78, 5) is 7.35. The van der Waals surface area contributed by atoms with E-state index in [1.54, 1.807) is 0 Å². The van der Waals surface area contributed by atoms with Crippen molar-refractivity contribution in [1.82, 2.24) is 26.3 Å². The van der Waals surface area contributed by atoms with E-state index in [2.05, 4.69) is 71.5 Å². The monoisotopic (exact) mass is 423 g/mol. The van der Waals surface area contributed by atoms with Gasteiger partial charge in [-0.3, -0.25) is 25.7 Å². The third-order valence-electron chi connectivity index (χ3n) is 6.33. The van der Waals surface area contributed by atoms with Gasteiger partial charge in [0.1, 0.15) is 17.4 Å². The van der Waals surface area contributed by atoms with Gasteiger partial charge in [0.2, 0.25) is 0 Å². The Labute approximate surface area is 181 Å². The van der Waals surface area contributed by atoms with Gasteiger partial charge >= 0.3 is 0 Å². The Morgan fingerprint density at radius 1 is 1.24 bits per heavy atom. The number of hydroxylamine groups is 1. The summed E-state index contributed by atoms with van der Waals surface area (Å²) >= 11 is 7.08. The second-order valence-corrected chi connectivity index (χ2v) is 9.15. The van der Waals surface area contributed by atoms with Gasteiger partial charge in [0.05, 0.1) is 6.17 Å². The summed E-state index contributed by atoms with van der Waals surface area (Å²) in [6.07, 6.45) is 5.96. The Balaban J connectivity index is 1.54. The first-order chi connectivity index (χ1) is 14.0. The van der Waals surface area contributed by atoms with E-state index >= 15 is 0 Å². The zero-order valence-corrected chi connectivity index (χ0v) is 19.1. The van der Waals surface area contributed by atoms with Crippen molar-refractivity contribution >= 4 is 11.6 Å². The van der Waals surface area contributed by atoms with E-state index in [-0.39, 0.29) is 23.6 Å². The van der Waals surface area contributed by atoms with Gasteiger partial charge in [0.25, 0.3) is 0 Å². The number of alkyl halides is 1. The third-order valence-corrected chi connectivity index (χ3v) is 6.93. The fourth-order valence-electron chi connectivity index (χ4n) is 4.42. The second-order valence-electron chi connectivity index (χ2n) is 8.48. The van der Waals surface area contributed by atoms with Crippen LogP contribution < -0.4 is 21.4 Å². The van der Waals surface area contributed by atoms with Gasteiger partial charge in [0.15, 0.2) is 0 Å². The summed E-state index contributed by atoms with van der Waals surface area (Å²) in [5.74, 6) is 0.505. The molecule has 0 amide bonds. The SMILES string of the molecule is CCCC(CCC)C1(Cl)CC(NCc2ccc(C3NOC(C)N3C)cc2)NCN1. The van der Waals surface area contributed by atoms with Crippen molar-refractivity contribution in [2.24, 2.45) is 5.92 Å². The molecule has 0 spiro atoms. The van der Waals surface area contributed by atoms with Gasteiger partial charge in [-0.1, -0.05) is 51.0 Å². The van der Waals surface area contributed by atoms with Gasteiger partial charge in [0, 0.05) is 19.6 Å². The molecule has 2 fully saturated rings. The lowest BCUT2D eigenvalue weighted by atomic mass is 9.86. The molecule has 0 aromatic heterocycles. The van der Waals surface area contributed by atoms with Crippen molar-refractivity contribution in [3.05, 3.63) is 35.4 Å². The molecule has 2 aliphatic heterocycles. The van der Waals surface area contributed by atoms with Crippen molar-refractivity contribution in [3.8, 4) is 0 Å². The van der Waals surface area contributed by atoms with Gasteiger partial charge in [-0.25, -0.2) is 0 Å². The van der Waals surface area contributed by atoms with Crippen molar-refractivity contribution in [2.45, 2.75) is 83.0 Å². The third kappa shape index (κ3) is 5.70. The van der Waals surface area contributed by atoms with Crippen molar-refractivity contribution in [1.29, 1.82) is 0 Å². The summed E-state index contributed by atoms with van der Waals surface area (Å²) in [6.45, 7) is 8.09. The molecule has 4 N–H and O–H groups in total. The van der Waals surface area contributed by atoms with Gasteiger partial charge < -0.3 is 0 Å². The molecular formula is C22H38ClN5O. The smallest absolute Gasteiger partial charge is 0.130 e. The summed E-state index contributed by atoms with van der Waals surface area (Å²) in [5, 5.41) is 10.7. The maximum absolute atomic E-state index is 7.08. The number of benzene rings is 1. The molecule has 0 radical (unpaired) electrons. The van der Waals surface area contributed by atoms with Crippen LogP contribution in [0.15, 0.2) is 24.3 Å². The minimum atomic E-state index is -0.325. The van der Waals surface area contributed by atoms with Crippen LogP contribution in [0.3, 0.4) is 0 Å². The molecule has 2 heterocycles. The molecule has 1 aromatic rings. The fraction of sp³-hybridized carbons (Fsp3) is 0.727. The van der Waals surface area contributed by atoms with E-state index in [0.29, 0.717) is 5.92 Å². The molecule has 164 valence electrons. The first kappa shape index (κ1) is 22.9. The summed E-state index contributed by atoms with van der Waals surface area (Å²) in [5.41, 5.74) is 5.57. The minimum absolute atomic E-state index is 0.0763. The highest BCUT2D eigenvalue weighted by molar-refractivity contribution is 6.23. The van der Waals surface area contributed by atoms with Crippen LogP contribution in [-0.2, 0) is 11.4 Å². The number of rotatable bonds is 9. The van der Waals surface area contributed by atoms with E-state index in [1.165, 1.54) is 36.8 Å². The van der Waals surface area contributed by atoms with Crippen LogP contribution in [0.1, 0.15) is 70.2 Å². The molecule has 0 aliphatic carbocycles. The van der Waals surface area contributed by atoms with Crippen LogP contribution in [0, 0.1) is 5.92 Å². The lowest BCUT2D eigenvalue weighted by molar-refractivity contribution is 0.0104. The van der Waals surface area contributed by atoms with E-state index < -0.39 is 0 Å². The lowest BCUT2D eigenvalue weighted by Crippen LogP contribution is -2.63. The number of nitrogens with zero attached hydrogens (tertiary/aromatic N) is 1. The Bertz CT molecular complexity index is 624. The quantitative estimate of drug-likeness (QED) is 0.359. The number of hydrogen-bond donors (Lipinski definition) is 4. The van der Waals surface area contributed by atoms with Crippen LogP contribution in [0.2, 0.25) is 0 Å². The standard InChI is InChI=1S/C22H38ClN5O/c1-5-7-19(8-6-2)22(23)13-20(25-15-26-22)24-14-17-9-11-18(12-10-17)21-27-29-16(3)28(21)4/h9-12,16,19-21,24-27H,5-8,13-15H2,1-4H3. The molecule has 2 saturated heterocycles. The van der Waals surface area contributed by atoms with E-state index in [9.17, 15) is 0 Å². The van der Waals surface area contributed by atoms with Crippen molar-refractivity contribution in [3.63, 3.8) is 0 Å². The van der Waals surface area contributed by atoms with Crippen LogP contribution in [-0.4, -0.2) is 36.0 Å². The Hall–Kier alpha value is -0.730. The highest BCUT2D eigenvalue weighted by Crippen LogP contribution is 2.35. The molecule has 4 atom stereocenters. The van der Waals surface area contributed by atoms with E-state index in [1.807, 2.05) is 6.92 Å². The van der Waals surface area contributed by atoms with Crippen LogP contribution in [0.25, 0.3) is 0 Å². The molecule has 7 heteroatoms. The normalized spacial score (nSPS) is 30.9. The van der Waals surface area contributed by atoms with Gasteiger partial charge in [-0.15, -0.1) is 11.6 Å². The van der Waals surface area contributed by atoms with Crippen molar-refractivity contribution in [2.75, 3.05) is 13.7 Å². The predicted molar refractivity (Wildman–Crippen MR) is 119 cm³/mol. The second kappa shape index (κ2) is 10.5. The number of nitrogens with one attached hydrogen (secondary N) is 4. The topological polar surface area (TPSA) is 60.6 Å². The summed E-state index contributed by atoms with van der Waals surface area (Å²) < 4.78 is 0. The molecule has 2 aliphatic rings. The first-order valence-electron chi connectivity index (χ1n) is 11.1. The minimum Gasteiger partial charge on any atom is -0.298 e. The van der Waals surface area contributed by atoms with Gasteiger partial charge in [-0.2, -0.15) is 5.48 Å². The largest absolute Gasteiger partial charge is 0.298 e. The molecule has 6 nitrogen and oxygen atoms in total. The highest BCUT2D eigenvalue weighted by atomic mass is 35.5. The zero-order chi connectivity index (χ0) is 20.9. The van der Waals surface area contributed by atoms with Crippen LogP contribution in [0.4, 0.5) is 0 Å². The average Bonchev–Trinajstić information content (AvgIpc) is 3.05. The zero-order valence-electron chi connectivity index (χ0n) is 18.3. The molecule has 29 heavy (non-hydrogen) atoms. The summed E-state index contributed by atoms with van der Waals surface area (Å²) in [6, 6.07) is 8.72. The maximum atomic E-state index is 7.08. The lowest BCUT2D eigenvalue weighted by Gasteiger charge is -2.43. The number of hydrogen-bond acceptors (Lipinski definition) is 6. The van der Waals surface area contributed by atoms with E-state index in [4.69, 9.17) is 16.4 Å². The summed E-state index contributed by atoms with van der Waals surface area (Å²) in [7, 11) is 2.07. The van der Waals surface area contributed by atoms with Gasteiger partial charge in [-0.05, 0) is 43.9 Å². The Morgan fingerprint density at radius 2 is 1.93 bits per heavy atom. The van der Waals surface area contributed by atoms with Crippen LogP contribution in [0.5, 0.6) is 0 Å². The Kier molecular flexibility index (Phi) is 8.33. The maximum Gasteiger partial charge on any atom is 0.130 e. The molecule has 0 bridgehead atoms. The fourth-order valence-corrected chi connectivity index (χ4v) is 4.86. The van der Waals surface area contributed by atoms with Crippen molar-refractivity contribution < 1.29 is 4.84 Å².